The van der Waals surface area contributed by atoms with Crippen molar-refractivity contribution in [3.63, 3.8) is 0 Å². The summed E-state index contributed by atoms with van der Waals surface area (Å²) >= 11 is 6.10. The zero-order chi connectivity index (χ0) is 21.9. The first-order valence-electron chi connectivity index (χ1n) is 9.43. The summed E-state index contributed by atoms with van der Waals surface area (Å²) in [5.74, 6) is -0.958. The van der Waals surface area contributed by atoms with E-state index in [1.165, 1.54) is 18.2 Å². The second-order valence-corrected chi connectivity index (χ2v) is 9.32. The van der Waals surface area contributed by atoms with E-state index in [0.29, 0.717) is 28.0 Å². The standard InChI is InChI=1S/C21H21ClFNO5S/c1-2-29-20(26)21(23)8-10-24(11-9-21)30(27,28)19-7-6-17(22)13-18(19)16-5-3-4-15(12-16)14-25/h3-7,12-14H,2,8-11H2,1H3. The lowest BCUT2D eigenvalue weighted by atomic mass is 9.95. The van der Waals surface area contributed by atoms with E-state index in [9.17, 15) is 22.4 Å². The molecule has 3 rings (SSSR count). The molecule has 0 unspecified atom stereocenters. The van der Waals surface area contributed by atoms with Crippen LogP contribution in [0.5, 0.6) is 0 Å². The average Bonchev–Trinajstić information content (AvgIpc) is 2.74. The predicted molar refractivity (Wildman–Crippen MR) is 111 cm³/mol. The summed E-state index contributed by atoms with van der Waals surface area (Å²) in [7, 11) is -4.00. The number of nitrogens with zero attached hydrogens (tertiary/aromatic N) is 1. The summed E-state index contributed by atoms with van der Waals surface area (Å²) in [5, 5.41) is 0.337. The maximum atomic E-state index is 14.9. The van der Waals surface area contributed by atoms with Crippen LogP contribution in [0.4, 0.5) is 4.39 Å². The fraction of sp³-hybridized carbons (Fsp3) is 0.333. The molecule has 9 heteroatoms. The molecule has 1 aliphatic rings. The van der Waals surface area contributed by atoms with E-state index in [-0.39, 0.29) is 37.4 Å². The highest BCUT2D eigenvalue weighted by Gasteiger charge is 2.45. The van der Waals surface area contributed by atoms with Gasteiger partial charge in [0.2, 0.25) is 15.7 Å². The summed E-state index contributed by atoms with van der Waals surface area (Å²) in [6.45, 7) is 1.32. The van der Waals surface area contributed by atoms with Crippen LogP contribution < -0.4 is 0 Å². The average molecular weight is 454 g/mol. The molecule has 0 aromatic heterocycles. The smallest absolute Gasteiger partial charge is 0.343 e. The number of hydrogen-bond acceptors (Lipinski definition) is 5. The normalized spacial score (nSPS) is 16.8. The molecule has 0 atom stereocenters. The molecule has 30 heavy (non-hydrogen) atoms. The van der Waals surface area contributed by atoms with Gasteiger partial charge in [0.05, 0.1) is 11.5 Å². The first-order chi connectivity index (χ1) is 14.2. The van der Waals surface area contributed by atoms with Gasteiger partial charge in [-0.2, -0.15) is 4.31 Å². The second-order valence-electron chi connectivity index (χ2n) is 6.97. The molecule has 0 aliphatic carbocycles. The van der Waals surface area contributed by atoms with Crippen LogP contribution in [0.25, 0.3) is 11.1 Å². The topological polar surface area (TPSA) is 80.8 Å². The SMILES string of the molecule is CCOC(=O)C1(F)CCN(S(=O)(=O)c2ccc(Cl)cc2-c2cccc(C=O)c2)CC1. The molecule has 0 amide bonds. The Morgan fingerprint density at radius 3 is 2.57 bits per heavy atom. The van der Waals surface area contributed by atoms with E-state index < -0.39 is 21.7 Å². The van der Waals surface area contributed by atoms with Crippen LogP contribution in [0, 0.1) is 0 Å². The summed E-state index contributed by atoms with van der Waals surface area (Å²) in [6.07, 6.45) is 0.103. The molecule has 1 aliphatic heterocycles. The van der Waals surface area contributed by atoms with Gasteiger partial charge in [0, 0.05) is 42.1 Å². The highest BCUT2D eigenvalue weighted by Crippen LogP contribution is 2.35. The number of aldehydes is 1. The van der Waals surface area contributed by atoms with Gasteiger partial charge in [-0.1, -0.05) is 29.8 Å². The van der Waals surface area contributed by atoms with Gasteiger partial charge < -0.3 is 4.74 Å². The Hall–Kier alpha value is -2.29. The van der Waals surface area contributed by atoms with Crippen LogP contribution >= 0.6 is 11.6 Å². The van der Waals surface area contributed by atoms with Gasteiger partial charge in [0.1, 0.15) is 6.29 Å². The van der Waals surface area contributed by atoms with Crippen LogP contribution in [-0.4, -0.2) is 50.3 Å². The van der Waals surface area contributed by atoms with Crippen LogP contribution in [0.1, 0.15) is 30.1 Å². The number of benzene rings is 2. The fourth-order valence-corrected chi connectivity index (χ4v) is 5.23. The van der Waals surface area contributed by atoms with Gasteiger partial charge in [0.25, 0.3) is 0 Å². The van der Waals surface area contributed by atoms with E-state index >= 15 is 0 Å². The Kier molecular flexibility index (Phi) is 6.59. The van der Waals surface area contributed by atoms with Gasteiger partial charge in [-0.15, -0.1) is 0 Å². The van der Waals surface area contributed by atoms with E-state index in [4.69, 9.17) is 16.3 Å². The number of sulfonamides is 1. The first-order valence-corrected chi connectivity index (χ1v) is 11.2. The number of alkyl halides is 1. The zero-order valence-electron chi connectivity index (χ0n) is 16.3. The van der Waals surface area contributed by atoms with Gasteiger partial charge in [-0.05, 0) is 36.8 Å². The number of piperidine rings is 1. The quantitative estimate of drug-likeness (QED) is 0.490. The van der Waals surface area contributed by atoms with Crippen molar-refractivity contribution in [2.75, 3.05) is 19.7 Å². The number of carbonyl (C=O) groups excluding carboxylic acids is 2. The Morgan fingerprint density at radius 2 is 1.93 bits per heavy atom. The minimum Gasteiger partial charge on any atom is -0.464 e. The number of halogens is 2. The van der Waals surface area contributed by atoms with Gasteiger partial charge in [-0.25, -0.2) is 17.6 Å². The van der Waals surface area contributed by atoms with Crippen LogP contribution in [0.15, 0.2) is 47.4 Å². The number of ether oxygens (including phenoxy) is 1. The lowest BCUT2D eigenvalue weighted by Gasteiger charge is -2.34. The summed E-state index contributed by atoms with van der Waals surface area (Å²) in [4.78, 5) is 23.0. The third kappa shape index (κ3) is 4.40. The second kappa shape index (κ2) is 8.83. The predicted octanol–water partition coefficient (Wildman–Crippen LogP) is 3.88. The molecular weight excluding hydrogens is 433 g/mol. The lowest BCUT2D eigenvalue weighted by molar-refractivity contribution is -0.160. The summed E-state index contributed by atoms with van der Waals surface area (Å²) in [5.41, 5.74) is -0.938. The van der Waals surface area contributed by atoms with Crippen molar-refractivity contribution < 1.29 is 27.1 Å². The molecular formula is C21H21ClFNO5S. The number of hydrogen-bond donors (Lipinski definition) is 0. The highest BCUT2D eigenvalue weighted by molar-refractivity contribution is 7.89. The third-order valence-corrected chi connectivity index (χ3v) is 7.24. The van der Waals surface area contributed by atoms with Gasteiger partial charge >= 0.3 is 5.97 Å². The summed E-state index contributed by atoms with van der Waals surface area (Å²) < 4.78 is 47.4. The first kappa shape index (κ1) is 22.4. The number of esters is 1. The van der Waals surface area contributed by atoms with Crippen molar-refractivity contribution in [2.24, 2.45) is 0 Å². The maximum absolute atomic E-state index is 14.9. The molecule has 0 saturated carbocycles. The molecule has 0 spiro atoms. The van der Waals surface area contributed by atoms with Crippen LogP contribution in [-0.2, 0) is 19.6 Å². The number of rotatable bonds is 6. The van der Waals surface area contributed by atoms with Gasteiger partial charge in [-0.3, -0.25) is 4.79 Å². The Morgan fingerprint density at radius 1 is 1.23 bits per heavy atom. The Balaban J connectivity index is 1.94. The van der Waals surface area contributed by atoms with E-state index in [2.05, 4.69) is 0 Å². The molecule has 0 N–H and O–H groups in total. The third-order valence-electron chi connectivity index (χ3n) is 5.05. The van der Waals surface area contributed by atoms with Crippen molar-refractivity contribution in [1.82, 2.24) is 4.31 Å². The molecule has 0 radical (unpaired) electrons. The zero-order valence-corrected chi connectivity index (χ0v) is 17.9. The van der Waals surface area contributed by atoms with Gasteiger partial charge in [0.15, 0.2) is 0 Å². The Labute approximate surface area is 179 Å². The van der Waals surface area contributed by atoms with E-state index in [1.54, 1.807) is 31.2 Å². The van der Waals surface area contributed by atoms with E-state index in [0.717, 1.165) is 4.31 Å². The highest BCUT2D eigenvalue weighted by atomic mass is 35.5. The molecule has 0 bridgehead atoms. The molecule has 1 heterocycles. The summed E-state index contributed by atoms with van der Waals surface area (Å²) in [6, 6.07) is 10.9. The van der Waals surface area contributed by atoms with E-state index in [1.807, 2.05) is 0 Å². The minimum atomic E-state index is -4.00. The molecule has 1 fully saturated rings. The molecule has 2 aromatic carbocycles. The Bertz CT molecular complexity index is 1060. The van der Waals surface area contributed by atoms with Crippen molar-refractivity contribution in [3.8, 4) is 11.1 Å². The van der Waals surface area contributed by atoms with Crippen molar-refractivity contribution >= 4 is 33.9 Å². The monoisotopic (exact) mass is 453 g/mol. The van der Waals surface area contributed by atoms with Crippen LogP contribution in [0.2, 0.25) is 5.02 Å². The molecule has 1 saturated heterocycles. The molecule has 2 aromatic rings. The fourth-order valence-electron chi connectivity index (χ4n) is 3.42. The van der Waals surface area contributed by atoms with Crippen LogP contribution in [0.3, 0.4) is 0 Å². The largest absolute Gasteiger partial charge is 0.464 e. The van der Waals surface area contributed by atoms with Crippen molar-refractivity contribution in [1.29, 1.82) is 0 Å². The number of carbonyl (C=O) groups is 2. The molecule has 6 nitrogen and oxygen atoms in total. The minimum absolute atomic E-state index is 0.00237. The lowest BCUT2D eigenvalue weighted by Crippen LogP contribution is -2.49. The molecule has 160 valence electrons. The van der Waals surface area contributed by atoms with Crippen molar-refractivity contribution in [3.05, 3.63) is 53.1 Å². The van der Waals surface area contributed by atoms with Crippen molar-refractivity contribution in [2.45, 2.75) is 30.3 Å². The maximum Gasteiger partial charge on any atom is 0.343 e.